The first-order valence-electron chi connectivity index (χ1n) is 6.75. The van der Waals surface area contributed by atoms with E-state index < -0.39 is 0 Å². The number of nitrogens with one attached hydrogen (secondary N) is 1. The van der Waals surface area contributed by atoms with E-state index in [-0.39, 0.29) is 24.0 Å². The fourth-order valence-corrected chi connectivity index (χ4v) is 2.19. The maximum absolute atomic E-state index is 9.75. The van der Waals surface area contributed by atoms with Crippen LogP contribution in [-0.4, -0.2) is 39.3 Å². The van der Waals surface area contributed by atoms with Gasteiger partial charge in [0.25, 0.3) is 0 Å². The van der Waals surface area contributed by atoms with Crippen LogP contribution in [-0.2, 0) is 0 Å². The van der Waals surface area contributed by atoms with Gasteiger partial charge in [0, 0.05) is 12.5 Å². The Labute approximate surface area is 112 Å². The molecule has 0 bridgehead atoms. The molecule has 1 fully saturated rings. The Balaban J connectivity index is 1.93. The third-order valence-corrected chi connectivity index (χ3v) is 3.21. The van der Waals surface area contributed by atoms with Crippen LogP contribution in [0, 0.1) is 5.92 Å². The Morgan fingerprint density at radius 2 is 2.21 bits per heavy atom. The number of nitrogens with zero attached hydrogens (tertiary/aromatic N) is 3. The fourth-order valence-electron chi connectivity index (χ4n) is 2.19. The molecular formula is C12H21N5O2. The van der Waals surface area contributed by atoms with Gasteiger partial charge in [0.1, 0.15) is 0 Å². The van der Waals surface area contributed by atoms with Crippen molar-refractivity contribution >= 4 is 11.9 Å². The average Bonchev–Trinajstić information content (AvgIpc) is 2.79. The number of anilines is 2. The van der Waals surface area contributed by atoms with E-state index in [9.17, 15) is 5.11 Å². The standard InChI is InChI=1S/C12H21N5O2/c1-2-6-19-12-16-10(13)15-11(17-12)14-7-8-4-3-5-9(8)18/h8-9,18H,2-7H2,1H3,(H3,13,14,15,16,17). The first-order chi connectivity index (χ1) is 9.19. The molecule has 2 unspecified atom stereocenters. The van der Waals surface area contributed by atoms with Crippen molar-refractivity contribution in [3.63, 3.8) is 0 Å². The van der Waals surface area contributed by atoms with Gasteiger partial charge in [0.05, 0.1) is 12.7 Å². The number of nitrogens with two attached hydrogens (primary N) is 1. The van der Waals surface area contributed by atoms with Crippen molar-refractivity contribution in [2.24, 2.45) is 5.92 Å². The molecule has 2 atom stereocenters. The molecule has 0 aliphatic heterocycles. The van der Waals surface area contributed by atoms with Crippen LogP contribution in [0.2, 0.25) is 0 Å². The van der Waals surface area contributed by atoms with Gasteiger partial charge in [-0.15, -0.1) is 0 Å². The highest BCUT2D eigenvalue weighted by molar-refractivity contribution is 5.32. The molecule has 0 amide bonds. The number of hydrogen-bond acceptors (Lipinski definition) is 7. The minimum atomic E-state index is -0.234. The third kappa shape index (κ3) is 3.92. The summed E-state index contributed by atoms with van der Waals surface area (Å²) in [5.41, 5.74) is 5.61. The molecule has 1 aliphatic rings. The second-order valence-electron chi connectivity index (χ2n) is 4.79. The zero-order chi connectivity index (χ0) is 13.7. The van der Waals surface area contributed by atoms with Crippen LogP contribution >= 0.6 is 0 Å². The monoisotopic (exact) mass is 267 g/mol. The highest BCUT2D eigenvalue weighted by Crippen LogP contribution is 2.25. The van der Waals surface area contributed by atoms with Crippen LogP contribution in [0.25, 0.3) is 0 Å². The highest BCUT2D eigenvalue weighted by atomic mass is 16.5. The Hall–Kier alpha value is -1.63. The lowest BCUT2D eigenvalue weighted by Gasteiger charge is -2.15. The second kappa shape index (κ2) is 6.51. The summed E-state index contributed by atoms with van der Waals surface area (Å²) in [5.74, 6) is 0.784. The predicted octanol–water partition coefficient (Wildman–Crippen LogP) is 0.815. The number of aliphatic hydroxyl groups excluding tert-OH is 1. The molecule has 106 valence electrons. The van der Waals surface area contributed by atoms with Crippen molar-refractivity contribution in [1.29, 1.82) is 0 Å². The van der Waals surface area contributed by atoms with Gasteiger partial charge < -0.3 is 20.9 Å². The van der Waals surface area contributed by atoms with E-state index in [4.69, 9.17) is 10.5 Å². The number of rotatable bonds is 6. The number of hydrogen-bond donors (Lipinski definition) is 3. The maximum atomic E-state index is 9.75. The van der Waals surface area contributed by atoms with E-state index in [1.807, 2.05) is 6.92 Å². The van der Waals surface area contributed by atoms with Crippen LogP contribution in [0.5, 0.6) is 6.01 Å². The molecule has 0 saturated heterocycles. The summed E-state index contributed by atoms with van der Waals surface area (Å²) < 4.78 is 5.34. The number of ether oxygens (including phenoxy) is 1. The van der Waals surface area contributed by atoms with Gasteiger partial charge in [0.15, 0.2) is 0 Å². The van der Waals surface area contributed by atoms with Gasteiger partial charge in [-0.2, -0.15) is 15.0 Å². The quantitative estimate of drug-likeness (QED) is 0.700. The first kappa shape index (κ1) is 13.8. The topological polar surface area (TPSA) is 106 Å². The molecule has 0 radical (unpaired) electrons. The molecule has 1 saturated carbocycles. The molecule has 0 aromatic carbocycles. The molecule has 1 heterocycles. The molecule has 7 heteroatoms. The van der Waals surface area contributed by atoms with E-state index in [2.05, 4.69) is 20.3 Å². The van der Waals surface area contributed by atoms with Crippen LogP contribution in [0.1, 0.15) is 32.6 Å². The van der Waals surface area contributed by atoms with E-state index in [1.165, 1.54) is 0 Å². The van der Waals surface area contributed by atoms with E-state index in [0.29, 0.717) is 19.1 Å². The lowest BCUT2D eigenvalue weighted by Crippen LogP contribution is -2.23. The SMILES string of the molecule is CCCOc1nc(N)nc(NCC2CCCC2O)n1. The Bertz CT molecular complexity index is 415. The molecule has 7 nitrogen and oxygen atoms in total. The summed E-state index contributed by atoms with van der Waals surface area (Å²) in [6, 6.07) is 0.240. The van der Waals surface area contributed by atoms with Gasteiger partial charge >= 0.3 is 6.01 Å². The summed E-state index contributed by atoms with van der Waals surface area (Å²) in [4.78, 5) is 12.1. The highest BCUT2D eigenvalue weighted by Gasteiger charge is 2.25. The normalized spacial score (nSPS) is 22.4. The number of aliphatic hydroxyl groups is 1. The van der Waals surface area contributed by atoms with Gasteiger partial charge in [-0.3, -0.25) is 0 Å². The van der Waals surface area contributed by atoms with Crippen LogP contribution < -0.4 is 15.8 Å². The van der Waals surface area contributed by atoms with Crippen molar-refractivity contribution in [3.8, 4) is 6.01 Å². The summed E-state index contributed by atoms with van der Waals surface area (Å²) in [5, 5.41) is 12.8. The lowest BCUT2D eigenvalue weighted by molar-refractivity contribution is 0.138. The smallest absolute Gasteiger partial charge is 0.323 e. The van der Waals surface area contributed by atoms with Crippen LogP contribution in [0.4, 0.5) is 11.9 Å². The molecule has 0 spiro atoms. The third-order valence-electron chi connectivity index (χ3n) is 3.21. The van der Waals surface area contributed by atoms with Gasteiger partial charge in [-0.1, -0.05) is 13.3 Å². The Kier molecular flexibility index (Phi) is 4.73. The van der Waals surface area contributed by atoms with E-state index in [0.717, 1.165) is 25.7 Å². The molecule has 2 rings (SSSR count). The first-order valence-corrected chi connectivity index (χ1v) is 6.75. The largest absolute Gasteiger partial charge is 0.463 e. The number of nitrogen functional groups attached to an aromatic ring is 1. The van der Waals surface area contributed by atoms with E-state index >= 15 is 0 Å². The average molecular weight is 267 g/mol. The van der Waals surface area contributed by atoms with Gasteiger partial charge in [-0.05, 0) is 19.3 Å². The van der Waals surface area contributed by atoms with Crippen molar-refractivity contribution in [1.82, 2.24) is 15.0 Å². The van der Waals surface area contributed by atoms with Crippen molar-refractivity contribution in [2.75, 3.05) is 24.2 Å². The maximum Gasteiger partial charge on any atom is 0.323 e. The summed E-state index contributed by atoms with van der Waals surface area (Å²) in [7, 11) is 0. The van der Waals surface area contributed by atoms with Crippen molar-refractivity contribution in [2.45, 2.75) is 38.7 Å². The molecular weight excluding hydrogens is 246 g/mol. The molecule has 19 heavy (non-hydrogen) atoms. The van der Waals surface area contributed by atoms with Crippen LogP contribution in [0.3, 0.4) is 0 Å². The minimum absolute atomic E-state index is 0.135. The number of aromatic nitrogens is 3. The predicted molar refractivity (Wildman–Crippen MR) is 71.9 cm³/mol. The molecule has 1 aromatic rings. The summed E-state index contributed by atoms with van der Waals surface area (Å²) in [6.45, 7) is 3.19. The zero-order valence-corrected chi connectivity index (χ0v) is 11.2. The zero-order valence-electron chi connectivity index (χ0n) is 11.2. The van der Waals surface area contributed by atoms with Gasteiger partial charge in [-0.25, -0.2) is 0 Å². The molecule has 1 aromatic heterocycles. The fraction of sp³-hybridized carbons (Fsp3) is 0.750. The second-order valence-corrected chi connectivity index (χ2v) is 4.79. The lowest BCUT2D eigenvalue weighted by atomic mass is 10.1. The van der Waals surface area contributed by atoms with Crippen molar-refractivity contribution in [3.05, 3.63) is 0 Å². The van der Waals surface area contributed by atoms with Crippen LogP contribution in [0.15, 0.2) is 0 Å². The summed E-state index contributed by atoms with van der Waals surface area (Å²) >= 11 is 0. The Morgan fingerprint density at radius 3 is 2.89 bits per heavy atom. The Morgan fingerprint density at radius 1 is 1.37 bits per heavy atom. The summed E-state index contributed by atoms with van der Waals surface area (Å²) in [6.07, 6.45) is 3.60. The van der Waals surface area contributed by atoms with Gasteiger partial charge in [0.2, 0.25) is 11.9 Å². The van der Waals surface area contributed by atoms with Crippen molar-refractivity contribution < 1.29 is 9.84 Å². The minimum Gasteiger partial charge on any atom is -0.463 e. The molecule has 1 aliphatic carbocycles. The van der Waals surface area contributed by atoms with E-state index in [1.54, 1.807) is 0 Å². The molecule has 4 N–H and O–H groups in total.